The number of aryl methyl sites for hydroxylation is 1. The number of hydrogen-bond acceptors (Lipinski definition) is 3. The van der Waals surface area contributed by atoms with E-state index in [-0.39, 0.29) is 22.9 Å². The number of anilines is 2. The second kappa shape index (κ2) is 5.08. The Morgan fingerprint density at radius 3 is 2.58 bits per heavy atom. The molecule has 0 saturated carbocycles. The predicted octanol–water partition coefficient (Wildman–Crippen LogP) is 3.41. The number of benzene rings is 2. The van der Waals surface area contributed by atoms with Gasteiger partial charge in [0.25, 0.3) is 5.91 Å². The highest BCUT2D eigenvalue weighted by molar-refractivity contribution is 8.03. The Kier molecular flexibility index (Phi) is 3.22. The van der Waals surface area contributed by atoms with Crippen molar-refractivity contribution in [2.45, 2.75) is 24.0 Å². The molecule has 0 unspecified atom stereocenters. The summed E-state index contributed by atoms with van der Waals surface area (Å²) >= 11 is 1.32. The summed E-state index contributed by atoms with van der Waals surface area (Å²) in [5, 5.41) is 2.51. The summed E-state index contributed by atoms with van der Waals surface area (Å²) in [6.45, 7) is 3.74. The number of carbonyl (C=O) groups is 2. The van der Waals surface area contributed by atoms with Crippen LogP contribution in [0.25, 0.3) is 0 Å². The molecule has 1 fully saturated rings. The maximum Gasteiger partial charge on any atom is 0.266 e. The maximum atomic E-state index is 13.3. The van der Waals surface area contributed by atoms with E-state index in [1.54, 1.807) is 6.92 Å². The van der Waals surface area contributed by atoms with Gasteiger partial charge < -0.3 is 5.32 Å². The van der Waals surface area contributed by atoms with E-state index < -0.39 is 4.87 Å². The van der Waals surface area contributed by atoms with Crippen LogP contribution in [0.3, 0.4) is 0 Å². The highest BCUT2D eigenvalue weighted by Crippen LogP contribution is 2.56. The molecule has 4 nitrogen and oxygen atoms in total. The average Bonchev–Trinajstić information content (AvgIpc) is 2.97. The summed E-state index contributed by atoms with van der Waals surface area (Å²) in [4.78, 5) is 26.1. The van der Waals surface area contributed by atoms with Crippen LogP contribution in [-0.2, 0) is 14.5 Å². The van der Waals surface area contributed by atoms with E-state index in [1.165, 1.54) is 40.9 Å². The molecule has 2 heterocycles. The number of thioether (sulfide) groups is 1. The summed E-state index contributed by atoms with van der Waals surface area (Å²) in [7, 11) is 0. The van der Waals surface area contributed by atoms with Gasteiger partial charge in [0.05, 0.1) is 5.25 Å². The number of fused-ring (bicyclic) bond motifs is 2. The van der Waals surface area contributed by atoms with Crippen molar-refractivity contribution < 1.29 is 14.0 Å². The second-order valence-electron chi connectivity index (χ2n) is 6.06. The number of amides is 2. The monoisotopic (exact) mass is 342 g/mol. The Hall–Kier alpha value is -2.34. The maximum absolute atomic E-state index is 13.3. The van der Waals surface area contributed by atoms with Crippen LogP contribution < -0.4 is 10.2 Å². The first-order valence-electron chi connectivity index (χ1n) is 7.63. The summed E-state index contributed by atoms with van der Waals surface area (Å²) < 4.78 is 13.3. The lowest BCUT2D eigenvalue weighted by atomic mass is 10.0. The lowest BCUT2D eigenvalue weighted by Gasteiger charge is -2.32. The summed E-state index contributed by atoms with van der Waals surface area (Å²) in [5.74, 6) is -0.779. The van der Waals surface area contributed by atoms with Crippen LogP contribution in [0.1, 0.15) is 18.1 Å². The molecule has 0 aliphatic carbocycles. The van der Waals surface area contributed by atoms with E-state index in [1.807, 2.05) is 25.1 Å². The third-order valence-electron chi connectivity index (χ3n) is 4.41. The molecule has 1 N–H and O–H groups in total. The number of carbonyl (C=O) groups excluding carboxylic acids is 2. The number of rotatable bonds is 1. The Labute approximate surface area is 143 Å². The minimum atomic E-state index is -1.14. The molecule has 6 heteroatoms. The number of hydrogen-bond donors (Lipinski definition) is 1. The molecule has 24 heavy (non-hydrogen) atoms. The summed E-state index contributed by atoms with van der Waals surface area (Å²) in [5.41, 5.74) is 3.02. The summed E-state index contributed by atoms with van der Waals surface area (Å²) in [6.07, 6.45) is 0. The van der Waals surface area contributed by atoms with Crippen LogP contribution in [0.5, 0.6) is 0 Å². The second-order valence-corrected chi connectivity index (χ2v) is 7.59. The molecule has 1 spiro atoms. The summed E-state index contributed by atoms with van der Waals surface area (Å²) in [6, 6.07) is 11.4. The zero-order valence-corrected chi connectivity index (χ0v) is 14.0. The van der Waals surface area contributed by atoms with Crippen molar-refractivity contribution in [2.24, 2.45) is 0 Å². The van der Waals surface area contributed by atoms with Gasteiger partial charge in [-0.25, -0.2) is 4.39 Å². The van der Waals surface area contributed by atoms with Crippen molar-refractivity contribution >= 4 is 35.0 Å². The van der Waals surface area contributed by atoms with Crippen LogP contribution in [0.15, 0.2) is 42.5 Å². The van der Waals surface area contributed by atoms with Crippen molar-refractivity contribution in [1.29, 1.82) is 0 Å². The smallest absolute Gasteiger partial charge is 0.266 e. The Morgan fingerprint density at radius 2 is 1.88 bits per heavy atom. The molecule has 0 radical (unpaired) electrons. The molecule has 1 saturated heterocycles. The third kappa shape index (κ3) is 1.92. The Balaban J connectivity index is 1.95. The normalized spacial score (nSPS) is 25.3. The van der Waals surface area contributed by atoms with E-state index in [9.17, 15) is 14.0 Å². The fourth-order valence-corrected chi connectivity index (χ4v) is 4.78. The van der Waals surface area contributed by atoms with Gasteiger partial charge in [0.15, 0.2) is 0 Å². The standard InChI is InChI=1S/C18H15FN2O2S/c1-10-3-8-15-14(9-10)18(17(23)20-15)21(16(22)11(2)24-18)13-6-4-12(19)5-7-13/h3-9,11H,1-2H3,(H,20,23)/t11-,18-/m0/s1. The molecule has 2 aromatic rings. The van der Waals surface area contributed by atoms with E-state index >= 15 is 0 Å². The fourth-order valence-electron chi connectivity index (χ4n) is 3.31. The quantitative estimate of drug-likeness (QED) is 0.864. The largest absolute Gasteiger partial charge is 0.323 e. The molecular formula is C18H15FN2O2S. The highest BCUT2D eigenvalue weighted by Gasteiger charge is 2.60. The fraction of sp³-hybridized carbons (Fsp3) is 0.222. The first-order chi connectivity index (χ1) is 11.4. The first kappa shape index (κ1) is 15.2. The SMILES string of the molecule is Cc1ccc2c(c1)[C@]1(S[C@@H](C)C(=O)N1c1ccc(F)cc1)C(=O)N2. The van der Waals surface area contributed by atoms with E-state index in [0.717, 1.165) is 11.1 Å². The number of halogens is 1. The Bertz CT molecular complexity index is 868. The van der Waals surface area contributed by atoms with Crippen LogP contribution in [0, 0.1) is 12.7 Å². The van der Waals surface area contributed by atoms with Crippen molar-refractivity contribution in [3.63, 3.8) is 0 Å². The average molecular weight is 342 g/mol. The first-order valence-corrected chi connectivity index (χ1v) is 8.51. The molecule has 2 aliphatic heterocycles. The van der Waals surface area contributed by atoms with Crippen LogP contribution >= 0.6 is 11.8 Å². The van der Waals surface area contributed by atoms with Crippen molar-refractivity contribution in [3.05, 3.63) is 59.4 Å². The highest BCUT2D eigenvalue weighted by atomic mass is 32.2. The van der Waals surface area contributed by atoms with Gasteiger partial charge in [0.2, 0.25) is 10.8 Å². The number of nitrogens with one attached hydrogen (secondary N) is 1. The van der Waals surface area contributed by atoms with Gasteiger partial charge in [-0.1, -0.05) is 17.7 Å². The van der Waals surface area contributed by atoms with E-state index in [4.69, 9.17) is 0 Å². The zero-order valence-electron chi connectivity index (χ0n) is 13.2. The van der Waals surface area contributed by atoms with Gasteiger partial charge in [-0.2, -0.15) is 0 Å². The van der Waals surface area contributed by atoms with Gasteiger partial charge in [-0.15, -0.1) is 11.8 Å². The molecule has 2 amide bonds. The molecule has 4 rings (SSSR count). The molecule has 2 aliphatic rings. The Morgan fingerprint density at radius 1 is 1.17 bits per heavy atom. The van der Waals surface area contributed by atoms with Crippen LogP contribution in [0.2, 0.25) is 0 Å². The number of nitrogens with zero attached hydrogens (tertiary/aromatic N) is 1. The van der Waals surface area contributed by atoms with Gasteiger partial charge in [-0.3, -0.25) is 14.5 Å². The van der Waals surface area contributed by atoms with Crippen molar-refractivity contribution in [1.82, 2.24) is 0 Å². The van der Waals surface area contributed by atoms with Gasteiger partial charge in [0, 0.05) is 16.9 Å². The zero-order chi connectivity index (χ0) is 17.1. The van der Waals surface area contributed by atoms with Crippen LogP contribution in [0.4, 0.5) is 15.8 Å². The van der Waals surface area contributed by atoms with Gasteiger partial charge >= 0.3 is 0 Å². The molecule has 122 valence electrons. The topological polar surface area (TPSA) is 49.4 Å². The van der Waals surface area contributed by atoms with Gasteiger partial charge in [0.1, 0.15) is 5.82 Å². The van der Waals surface area contributed by atoms with E-state index in [2.05, 4.69) is 5.32 Å². The lowest BCUT2D eigenvalue weighted by molar-refractivity contribution is -0.122. The van der Waals surface area contributed by atoms with Crippen molar-refractivity contribution in [3.8, 4) is 0 Å². The molecule has 2 aromatic carbocycles. The lowest BCUT2D eigenvalue weighted by Crippen LogP contribution is -2.47. The van der Waals surface area contributed by atoms with Crippen LogP contribution in [-0.4, -0.2) is 17.1 Å². The third-order valence-corrected chi connectivity index (χ3v) is 5.90. The minimum absolute atomic E-state index is 0.156. The molecule has 2 atom stereocenters. The van der Waals surface area contributed by atoms with Crippen molar-refractivity contribution in [2.75, 3.05) is 10.2 Å². The van der Waals surface area contributed by atoms with E-state index in [0.29, 0.717) is 11.4 Å². The molecule has 0 bridgehead atoms. The van der Waals surface area contributed by atoms with Gasteiger partial charge in [-0.05, 0) is 44.2 Å². The molecule has 0 aromatic heterocycles. The molecular weight excluding hydrogens is 327 g/mol. The predicted molar refractivity (Wildman–Crippen MR) is 92.4 cm³/mol. The minimum Gasteiger partial charge on any atom is -0.323 e.